The number of hydrogen-bond acceptors (Lipinski definition) is 10. The molecule has 1 aromatic rings. The highest BCUT2D eigenvalue weighted by molar-refractivity contribution is 6.03. The molecule has 0 fully saturated rings. The minimum Gasteiger partial charge on any atom is -0.458 e. The Morgan fingerprint density at radius 2 is 1.16 bits per heavy atom. The van der Waals surface area contributed by atoms with Crippen molar-refractivity contribution in [3.8, 4) is 0 Å². The van der Waals surface area contributed by atoms with Gasteiger partial charge < -0.3 is 29.2 Å². The molecule has 0 saturated carbocycles. The van der Waals surface area contributed by atoms with Gasteiger partial charge in [-0.25, -0.2) is 19.2 Å². The second-order valence-corrected chi connectivity index (χ2v) is 6.58. The van der Waals surface area contributed by atoms with Crippen molar-refractivity contribution in [2.75, 3.05) is 13.2 Å². The van der Waals surface area contributed by atoms with Crippen molar-refractivity contribution < 1.29 is 48.3 Å². The molecule has 32 heavy (non-hydrogen) atoms. The van der Waals surface area contributed by atoms with E-state index in [0.29, 0.717) is 0 Å². The molecule has 0 aliphatic rings. The lowest BCUT2D eigenvalue weighted by Gasteiger charge is -2.20. The van der Waals surface area contributed by atoms with Crippen molar-refractivity contribution in [1.29, 1.82) is 0 Å². The molecule has 0 bridgehead atoms. The van der Waals surface area contributed by atoms with Gasteiger partial charge in [0.05, 0.1) is 23.3 Å². The largest absolute Gasteiger partial charge is 0.458 e. The zero-order chi connectivity index (χ0) is 24.3. The van der Waals surface area contributed by atoms with Crippen LogP contribution in [0.3, 0.4) is 0 Å². The van der Waals surface area contributed by atoms with E-state index in [1.165, 1.54) is 38.1 Å². The summed E-state index contributed by atoms with van der Waals surface area (Å²) < 4.78 is 20.0. The zero-order valence-electron chi connectivity index (χ0n) is 17.8. The van der Waals surface area contributed by atoms with E-state index in [-0.39, 0.29) is 11.1 Å². The third-order valence-corrected chi connectivity index (χ3v) is 4.07. The Morgan fingerprint density at radius 3 is 1.44 bits per heavy atom. The van der Waals surface area contributed by atoms with Gasteiger partial charge in [-0.2, -0.15) is 0 Å². The van der Waals surface area contributed by atoms with Crippen LogP contribution in [0.25, 0.3) is 0 Å². The second kappa shape index (κ2) is 13.0. The summed E-state index contributed by atoms with van der Waals surface area (Å²) in [5, 5.41) is 19.4. The molecule has 0 aromatic heterocycles. The Bertz CT molecular complexity index is 774. The van der Waals surface area contributed by atoms with E-state index < -0.39 is 61.5 Å². The summed E-state index contributed by atoms with van der Waals surface area (Å²) in [6, 6.07) is 5.61. The third kappa shape index (κ3) is 8.32. The van der Waals surface area contributed by atoms with Crippen molar-refractivity contribution in [2.45, 2.75) is 38.3 Å². The number of rotatable bonds is 12. The summed E-state index contributed by atoms with van der Waals surface area (Å²) in [5.41, 5.74) is -0.290. The molecule has 0 radical (unpaired) electrons. The lowest BCUT2D eigenvalue weighted by molar-refractivity contribution is -0.152. The van der Waals surface area contributed by atoms with E-state index >= 15 is 0 Å². The molecule has 1 aromatic carbocycles. The lowest BCUT2D eigenvalue weighted by Crippen LogP contribution is -2.34. The van der Waals surface area contributed by atoms with Crippen LogP contribution in [0.2, 0.25) is 0 Å². The Hall–Kier alpha value is -3.50. The normalized spacial score (nSPS) is 14.1. The van der Waals surface area contributed by atoms with E-state index in [9.17, 15) is 29.4 Å². The molecule has 1 rings (SSSR count). The Kier molecular flexibility index (Phi) is 10.8. The molecule has 10 heteroatoms. The SMILES string of the molecule is C=CC(=O)OC(COC(=O)c1ccccc1C(=O)OCC(OC(=O)C=C)C(C)O)C(C)O. The molecule has 2 N–H and O–H groups in total. The first kappa shape index (κ1) is 26.5. The highest BCUT2D eigenvalue weighted by Gasteiger charge is 2.26. The number of aliphatic hydroxyl groups excluding tert-OH is 2. The van der Waals surface area contributed by atoms with E-state index in [1.807, 2.05) is 0 Å². The van der Waals surface area contributed by atoms with Crippen molar-refractivity contribution in [1.82, 2.24) is 0 Å². The van der Waals surface area contributed by atoms with Crippen LogP contribution in [0.15, 0.2) is 49.6 Å². The summed E-state index contributed by atoms with van der Waals surface area (Å²) in [7, 11) is 0. The maximum Gasteiger partial charge on any atom is 0.339 e. The van der Waals surface area contributed by atoms with Crippen molar-refractivity contribution >= 4 is 23.9 Å². The highest BCUT2D eigenvalue weighted by Crippen LogP contribution is 2.14. The van der Waals surface area contributed by atoms with E-state index in [1.54, 1.807) is 0 Å². The van der Waals surface area contributed by atoms with Crippen LogP contribution in [0, 0.1) is 0 Å². The maximum atomic E-state index is 12.5. The zero-order valence-corrected chi connectivity index (χ0v) is 17.8. The minimum absolute atomic E-state index is 0.145. The molecule has 0 spiro atoms. The van der Waals surface area contributed by atoms with E-state index in [0.717, 1.165) is 12.2 Å². The Morgan fingerprint density at radius 1 is 0.812 bits per heavy atom. The smallest absolute Gasteiger partial charge is 0.339 e. The first-order chi connectivity index (χ1) is 15.1. The van der Waals surface area contributed by atoms with Gasteiger partial charge in [-0.3, -0.25) is 0 Å². The summed E-state index contributed by atoms with van der Waals surface area (Å²) in [6.45, 7) is 8.24. The molecular weight excluding hydrogens is 424 g/mol. The molecule has 0 heterocycles. The van der Waals surface area contributed by atoms with E-state index in [2.05, 4.69) is 13.2 Å². The second-order valence-electron chi connectivity index (χ2n) is 6.58. The summed E-state index contributed by atoms with van der Waals surface area (Å²) in [5.74, 6) is -3.47. The van der Waals surface area contributed by atoms with Crippen molar-refractivity contribution in [2.24, 2.45) is 0 Å². The average Bonchev–Trinajstić information content (AvgIpc) is 2.77. The van der Waals surface area contributed by atoms with Crippen LogP contribution in [-0.2, 0) is 28.5 Å². The van der Waals surface area contributed by atoms with Gasteiger partial charge >= 0.3 is 23.9 Å². The quantitative estimate of drug-likeness (QED) is 0.268. The topological polar surface area (TPSA) is 146 Å². The van der Waals surface area contributed by atoms with Crippen molar-refractivity contribution in [3.05, 3.63) is 60.7 Å². The van der Waals surface area contributed by atoms with Gasteiger partial charge in [-0.05, 0) is 26.0 Å². The highest BCUT2D eigenvalue weighted by atomic mass is 16.6. The van der Waals surface area contributed by atoms with Gasteiger partial charge in [0.2, 0.25) is 0 Å². The van der Waals surface area contributed by atoms with Crippen LogP contribution in [-0.4, -0.2) is 71.7 Å². The summed E-state index contributed by atoms with van der Waals surface area (Å²) >= 11 is 0. The van der Waals surface area contributed by atoms with E-state index in [4.69, 9.17) is 18.9 Å². The average molecular weight is 450 g/mol. The third-order valence-electron chi connectivity index (χ3n) is 4.07. The first-order valence-corrected chi connectivity index (χ1v) is 9.56. The van der Waals surface area contributed by atoms with Gasteiger partial charge in [0.25, 0.3) is 0 Å². The number of esters is 4. The lowest BCUT2D eigenvalue weighted by atomic mass is 10.1. The number of hydrogen-bond donors (Lipinski definition) is 2. The molecule has 0 amide bonds. The first-order valence-electron chi connectivity index (χ1n) is 9.56. The number of ether oxygens (including phenoxy) is 4. The summed E-state index contributed by atoms with van der Waals surface area (Å²) in [4.78, 5) is 47.7. The van der Waals surface area contributed by atoms with Crippen LogP contribution >= 0.6 is 0 Å². The maximum absolute atomic E-state index is 12.5. The van der Waals surface area contributed by atoms with Crippen LogP contribution < -0.4 is 0 Å². The number of carbonyl (C=O) groups is 4. The van der Waals surface area contributed by atoms with Gasteiger partial charge in [0.1, 0.15) is 13.2 Å². The monoisotopic (exact) mass is 450 g/mol. The molecule has 0 aliphatic carbocycles. The number of aliphatic hydroxyl groups is 2. The van der Waals surface area contributed by atoms with Gasteiger partial charge in [0, 0.05) is 12.2 Å². The van der Waals surface area contributed by atoms with Crippen LogP contribution in [0.1, 0.15) is 34.6 Å². The predicted octanol–water partition coefficient (Wildman–Crippen LogP) is 0.957. The molecule has 10 nitrogen and oxygen atoms in total. The van der Waals surface area contributed by atoms with Crippen LogP contribution in [0.4, 0.5) is 0 Å². The number of benzene rings is 1. The molecular formula is C22H26O10. The Balaban J connectivity index is 2.87. The van der Waals surface area contributed by atoms with Gasteiger partial charge in [0.15, 0.2) is 12.2 Å². The summed E-state index contributed by atoms with van der Waals surface area (Å²) in [6.07, 6.45) is -2.76. The number of carbonyl (C=O) groups excluding carboxylic acids is 4. The van der Waals surface area contributed by atoms with Gasteiger partial charge in [-0.15, -0.1) is 0 Å². The molecule has 4 atom stereocenters. The minimum atomic E-state index is -1.14. The van der Waals surface area contributed by atoms with Crippen LogP contribution in [0.5, 0.6) is 0 Å². The van der Waals surface area contributed by atoms with Crippen molar-refractivity contribution in [3.63, 3.8) is 0 Å². The fourth-order valence-corrected chi connectivity index (χ4v) is 2.25. The molecule has 4 unspecified atom stereocenters. The molecule has 174 valence electrons. The predicted molar refractivity (Wildman–Crippen MR) is 111 cm³/mol. The Labute approximate surface area is 185 Å². The molecule has 0 aliphatic heterocycles. The van der Waals surface area contributed by atoms with Gasteiger partial charge in [-0.1, -0.05) is 25.3 Å². The standard InChI is InChI=1S/C22H26O10/c1-5-19(25)31-17(13(3)23)11-29-21(27)15-9-7-8-10-16(15)22(28)30-12-18(14(4)24)32-20(26)6-2/h5-10,13-14,17-18,23-24H,1-2,11-12H2,3-4H3. The fourth-order valence-electron chi connectivity index (χ4n) is 2.25. The molecule has 0 saturated heterocycles. The fraction of sp³-hybridized carbons (Fsp3) is 0.364.